The lowest BCUT2D eigenvalue weighted by Gasteiger charge is -2.34. The fourth-order valence-corrected chi connectivity index (χ4v) is 10.0. The maximum Gasteiger partial charge on any atom is 0.303 e. The van der Waals surface area contributed by atoms with Crippen molar-refractivity contribution in [2.75, 3.05) is 73.0 Å². The zero-order valence-electron chi connectivity index (χ0n) is 39.2. The highest BCUT2D eigenvalue weighted by molar-refractivity contribution is 6.00. The first-order valence-corrected chi connectivity index (χ1v) is 24.5. The molecule has 2 aliphatic carbocycles. The molecule has 0 spiro atoms. The monoisotopic (exact) mass is 895 g/mol. The largest absolute Gasteiger partial charge is 0.481 e. The van der Waals surface area contributed by atoms with Gasteiger partial charge in [-0.1, -0.05) is 75.8 Å². The number of carboxylic acids is 2. The summed E-state index contributed by atoms with van der Waals surface area (Å²) < 4.78 is 0. The van der Waals surface area contributed by atoms with Gasteiger partial charge in [-0.25, -0.2) is 9.97 Å². The molecule has 0 bridgehead atoms. The predicted molar refractivity (Wildman–Crippen MR) is 259 cm³/mol. The molecular weight excluding hydrogens is 821 g/mol. The van der Waals surface area contributed by atoms with Crippen LogP contribution in [-0.4, -0.2) is 109 Å². The quantitative estimate of drug-likeness (QED) is 0.103. The van der Waals surface area contributed by atoms with E-state index >= 15 is 0 Å². The molecule has 3 aromatic rings. The molecule has 2 saturated carbocycles. The number of nitrogens with zero attached hydrogens (tertiary/aromatic N) is 6. The molecule has 4 aliphatic rings. The second-order valence-electron chi connectivity index (χ2n) is 18.9. The van der Waals surface area contributed by atoms with Crippen LogP contribution >= 0.6 is 0 Å². The Balaban J connectivity index is 0.000000218. The number of benzene rings is 1. The van der Waals surface area contributed by atoms with Crippen LogP contribution in [0.2, 0.25) is 0 Å². The Bertz CT molecular complexity index is 2010. The van der Waals surface area contributed by atoms with Crippen LogP contribution in [0.3, 0.4) is 0 Å². The standard InChI is InChI=1S/C28H38N4O3.C23H36N4O3/c1-31(18-16-21-9-4-2-5-10-21)27-24(28(35)29-23-12-6-3-7-13-23)14-15-25(30-27)32-17-8-11-22(20-32)19-26(33)34;1-3-13-26(2)22-19(23(30)24-18-9-5-4-6-10-18)11-12-20(25-22)27-14-7-8-17(16-27)15-21(28)29/h2,4-5,9-10,14-15,22-23H,3,6-8,11-13,16-20H2,1H3,(H,29,35)(H,33,34);11-12,17-18H,3-10,13-16H2,1-2H3,(H,24,30)(H,28,29)/t22-;17-/m00/s1. The molecule has 2 saturated heterocycles. The van der Waals surface area contributed by atoms with Crippen molar-refractivity contribution in [2.45, 2.75) is 135 Å². The lowest BCUT2D eigenvalue weighted by Crippen LogP contribution is -2.38. The van der Waals surface area contributed by atoms with Crippen molar-refractivity contribution in [3.8, 4) is 0 Å². The first-order valence-electron chi connectivity index (χ1n) is 24.5. The van der Waals surface area contributed by atoms with Crippen LogP contribution in [0.5, 0.6) is 0 Å². The highest BCUT2D eigenvalue weighted by Crippen LogP contribution is 2.30. The molecule has 65 heavy (non-hydrogen) atoms. The highest BCUT2D eigenvalue weighted by Gasteiger charge is 2.28. The minimum atomic E-state index is -0.749. The zero-order chi connectivity index (χ0) is 46.1. The number of amides is 2. The number of carbonyl (C=O) groups excluding carboxylic acids is 2. The van der Waals surface area contributed by atoms with E-state index in [1.165, 1.54) is 44.1 Å². The number of aliphatic carboxylic acids is 2. The number of aromatic nitrogens is 2. The third-order valence-corrected chi connectivity index (χ3v) is 13.6. The molecule has 2 amide bonds. The Kier molecular flexibility index (Phi) is 18.7. The number of anilines is 4. The van der Waals surface area contributed by atoms with Crippen molar-refractivity contribution in [1.82, 2.24) is 20.6 Å². The lowest BCUT2D eigenvalue weighted by molar-refractivity contribution is -0.139. The number of rotatable bonds is 17. The van der Waals surface area contributed by atoms with Crippen molar-refractivity contribution >= 4 is 47.0 Å². The molecular formula is C51H74N8O6. The first kappa shape index (κ1) is 49.0. The number of likely N-dealkylation sites (N-methyl/N-ethyl adjacent to an activating group) is 1. The number of carbonyl (C=O) groups is 4. The van der Waals surface area contributed by atoms with E-state index in [0.717, 1.165) is 102 Å². The molecule has 0 radical (unpaired) electrons. The molecule has 14 nitrogen and oxygen atoms in total. The Hall–Kier alpha value is -5.40. The maximum atomic E-state index is 13.3. The van der Waals surface area contributed by atoms with Gasteiger partial charge in [-0.3, -0.25) is 19.2 Å². The van der Waals surface area contributed by atoms with E-state index in [4.69, 9.17) is 15.1 Å². The van der Waals surface area contributed by atoms with Crippen LogP contribution in [0.1, 0.15) is 142 Å². The van der Waals surface area contributed by atoms with Crippen molar-refractivity contribution in [3.63, 3.8) is 0 Å². The van der Waals surface area contributed by atoms with Gasteiger partial charge in [0.05, 0.1) is 11.1 Å². The van der Waals surface area contributed by atoms with E-state index < -0.39 is 11.9 Å². The predicted octanol–water partition coefficient (Wildman–Crippen LogP) is 8.20. The van der Waals surface area contributed by atoms with Gasteiger partial charge in [0.15, 0.2) is 0 Å². The Morgan fingerprint density at radius 3 is 1.48 bits per heavy atom. The first-order chi connectivity index (χ1) is 31.5. The van der Waals surface area contributed by atoms with Crippen molar-refractivity contribution in [3.05, 3.63) is 71.3 Å². The third kappa shape index (κ3) is 14.8. The van der Waals surface area contributed by atoms with Gasteiger partial charge < -0.3 is 40.4 Å². The molecule has 4 N–H and O–H groups in total. The average Bonchev–Trinajstić information content (AvgIpc) is 3.31. The summed E-state index contributed by atoms with van der Waals surface area (Å²) >= 11 is 0. The summed E-state index contributed by atoms with van der Waals surface area (Å²) in [5.74, 6) is 1.72. The van der Waals surface area contributed by atoms with Crippen LogP contribution in [0, 0.1) is 11.8 Å². The second-order valence-corrected chi connectivity index (χ2v) is 18.9. The van der Waals surface area contributed by atoms with Gasteiger partial charge >= 0.3 is 11.9 Å². The van der Waals surface area contributed by atoms with Gasteiger partial charge in [-0.2, -0.15) is 0 Å². The van der Waals surface area contributed by atoms with Gasteiger partial charge in [-0.05, 0) is 106 Å². The molecule has 354 valence electrons. The number of piperidine rings is 2. The van der Waals surface area contributed by atoms with Crippen LogP contribution in [-0.2, 0) is 16.0 Å². The molecule has 1 aromatic carbocycles. The Morgan fingerprint density at radius 1 is 0.600 bits per heavy atom. The number of hydrogen-bond donors (Lipinski definition) is 4. The smallest absolute Gasteiger partial charge is 0.303 e. The fourth-order valence-electron chi connectivity index (χ4n) is 10.0. The van der Waals surface area contributed by atoms with Crippen molar-refractivity contribution < 1.29 is 29.4 Å². The average molecular weight is 895 g/mol. The lowest BCUT2D eigenvalue weighted by atomic mass is 9.95. The maximum absolute atomic E-state index is 13.3. The van der Waals surface area contributed by atoms with E-state index in [-0.39, 0.29) is 48.6 Å². The van der Waals surface area contributed by atoms with Gasteiger partial charge in [-0.15, -0.1) is 0 Å². The summed E-state index contributed by atoms with van der Waals surface area (Å²) in [5, 5.41) is 24.8. The SMILES string of the molecule is CCCN(C)c1nc(N2CCC[C@@H](CC(=O)O)C2)ccc1C(=O)NC1CCCCC1.CN(CCc1ccccc1)c1nc(N2CCC[C@@H](CC(=O)O)C2)ccc1C(=O)NC1CCCCC1. The Morgan fingerprint density at radius 2 is 1.05 bits per heavy atom. The molecule has 4 fully saturated rings. The molecule has 0 unspecified atom stereocenters. The summed E-state index contributed by atoms with van der Waals surface area (Å²) in [4.78, 5) is 67.1. The fraction of sp³-hybridized carbons (Fsp3) is 0.608. The highest BCUT2D eigenvalue weighted by atomic mass is 16.4. The molecule has 14 heteroatoms. The van der Waals surface area contributed by atoms with Crippen LogP contribution < -0.4 is 30.2 Å². The van der Waals surface area contributed by atoms with E-state index in [1.54, 1.807) is 0 Å². The van der Waals surface area contributed by atoms with Gasteiger partial charge in [0, 0.05) is 78.3 Å². The number of nitrogens with one attached hydrogen (secondary N) is 2. The number of pyridine rings is 2. The second kappa shape index (κ2) is 24.8. The van der Waals surface area contributed by atoms with E-state index in [1.807, 2.05) is 56.6 Å². The van der Waals surface area contributed by atoms with Crippen LogP contribution in [0.25, 0.3) is 0 Å². The molecule has 4 heterocycles. The zero-order valence-corrected chi connectivity index (χ0v) is 39.2. The van der Waals surface area contributed by atoms with Crippen molar-refractivity contribution in [1.29, 1.82) is 0 Å². The summed E-state index contributed by atoms with van der Waals surface area (Å²) in [6.45, 7) is 6.78. The topological polar surface area (TPSA) is 172 Å². The van der Waals surface area contributed by atoms with Crippen LogP contribution in [0.4, 0.5) is 23.3 Å². The minimum absolute atomic E-state index is 0.0405. The van der Waals surface area contributed by atoms with E-state index in [2.05, 4.69) is 49.3 Å². The van der Waals surface area contributed by atoms with E-state index in [9.17, 15) is 24.3 Å². The number of carboxylic acid groups (broad SMARTS) is 2. The molecule has 2 aliphatic heterocycles. The Labute approximate surface area is 386 Å². The number of hydrogen-bond acceptors (Lipinski definition) is 10. The molecule has 2 aromatic heterocycles. The van der Waals surface area contributed by atoms with Gasteiger partial charge in [0.2, 0.25) is 0 Å². The van der Waals surface area contributed by atoms with Crippen molar-refractivity contribution in [2.24, 2.45) is 11.8 Å². The molecule has 2 atom stereocenters. The van der Waals surface area contributed by atoms with Crippen LogP contribution in [0.15, 0.2) is 54.6 Å². The normalized spacial score (nSPS) is 19.4. The minimum Gasteiger partial charge on any atom is -0.481 e. The summed E-state index contributed by atoms with van der Waals surface area (Å²) in [6, 6.07) is 18.5. The summed E-state index contributed by atoms with van der Waals surface area (Å²) in [6.07, 6.45) is 17.3. The summed E-state index contributed by atoms with van der Waals surface area (Å²) in [7, 11) is 3.98. The van der Waals surface area contributed by atoms with E-state index in [0.29, 0.717) is 35.9 Å². The summed E-state index contributed by atoms with van der Waals surface area (Å²) in [5.41, 5.74) is 2.48. The van der Waals surface area contributed by atoms with Gasteiger partial charge in [0.1, 0.15) is 23.3 Å². The third-order valence-electron chi connectivity index (χ3n) is 13.6. The molecule has 7 rings (SSSR count). The van der Waals surface area contributed by atoms with Gasteiger partial charge in [0.25, 0.3) is 11.8 Å².